The Morgan fingerprint density at radius 1 is 1.33 bits per heavy atom. The maximum atomic E-state index is 8.41. The van der Waals surface area contributed by atoms with Gasteiger partial charge in [0.15, 0.2) is 0 Å². The van der Waals surface area contributed by atoms with Gasteiger partial charge in [0, 0.05) is 5.56 Å². The zero-order chi connectivity index (χ0) is 8.97. The fourth-order valence-corrected chi connectivity index (χ4v) is 1.14. The third-order valence-electron chi connectivity index (χ3n) is 1.07. The van der Waals surface area contributed by atoms with Crippen molar-refractivity contribution < 1.29 is 5.11 Å². The van der Waals surface area contributed by atoms with Crippen molar-refractivity contribution in [2.45, 2.75) is 0 Å². The Morgan fingerprint density at radius 3 is 2.42 bits per heavy atom. The highest BCUT2D eigenvalue weighted by molar-refractivity contribution is 6.32. The molecule has 0 spiro atoms. The van der Waals surface area contributed by atoms with Crippen molar-refractivity contribution in [2.24, 2.45) is 0 Å². The molecular weight excluding hydrogens is 197 g/mol. The van der Waals surface area contributed by atoms with Crippen molar-refractivity contribution in [1.29, 1.82) is 0 Å². The molecule has 1 heterocycles. The first kappa shape index (κ1) is 9.34. The summed E-state index contributed by atoms with van der Waals surface area (Å²) in [5, 5.41) is 9.00. The van der Waals surface area contributed by atoms with Crippen LogP contribution in [0.15, 0.2) is 12.1 Å². The van der Waals surface area contributed by atoms with Crippen LogP contribution in [0.5, 0.6) is 0 Å². The van der Waals surface area contributed by atoms with Gasteiger partial charge in [-0.1, -0.05) is 35.0 Å². The van der Waals surface area contributed by atoms with E-state index in [4.69, 9.17) is 28.3 Å². The van der Waals surface area contributed by atoms with Gasteiger partial charge in [0.05, 0.1) is 0 Å². The predicted molar refractivity (Wildman–Crippen MR) is 48.2 cm³/mol. The number of aliphatic hydroxyl groups excluding tert-OH is 1. The summed E-state index contributed by atoms with van der Waals surface area (Å²) in [6, 6.07) is 3.16. The molecule has 0 bridgehead atoms. The van der Waals surface area contributed by atoms with Crippen LogP contribution in [-0.4, -0.2) is 16.7 Å². The van der Waals surface area contributed by atoms with Gasteiger partial charge in [0.25, 0.3) is 0 Å². The molecule has 0 saturated carbocycles. The molecule has 62 valence electrons. The van der Waals surface area contributed by atoms with E-state index < -0.39 is 0 Å². The Hall–Kier alpha value is -0.750. The van der Waals surface area contributed by atoms with Gasteiger partial charge in [-0.25, -0.2) is 4.98 Å². The first-order chi connectivity index (χ1) is 5.72. The number of aliphatic hydroxyl groups is 1. The zero-order valence-electron chi connectivity index (χ0n) is 6.01. The Labute approximate surface area is 80.1 Å². The molecule has 0 atom stereocenters. The molecule has 0 unspecified atom stereocenters. The second-order valence-electron chi connectivity index (χ2n) is 1.96. The minimum atomic E-state index is -0.183. The molecule has 0 aliphatic carbocycles. The van der Waals surface area contributed by atoms with Gasteiger partial charge in [0.1, 0.15) is 16.9 Å². The minimum absolute atomic E-state index is 0.183. The van der Waals surface area contributed by atoms with E-state index in [2.05, 4.69) is 16.8 Å². The van der Waals surface area contributed by atoms with Crippen molar-refractivity contribution in [3.8, 4) is 11.8 Å². The van der Waals surface area contributed by atoms with Crippen LogP contribution < -0.4 is 0 Å². The van der Waals surface area contributed by atoms with Crippen molar-refractivity contribution in [3.63, 3.8) is 0 Å². The van der Waals surface area contributed by atoms with Crippen molar-refractivity contribution in [2.75, 3.05) is 6.61 Å². The second-order valence-corrected chi connectivity index (χ2v) is 2.74. The van der Waals surface area contributed by atoms with Crippen LogP contribution in [0.3, 0.4) is 0 Å². The van der Waals surface area contributed by atoms with E-state index in [1.807, 2.05) is 0 Å². The number of hydrogen-bond donors (Lipinski definition) is 1. The summed E-state index contributed by atoms with van der Waals surface area (Å²) >= 11 is 11.2. The van der Waals surface area contributed by atoms with Crippen LogP contribution in [0, 0.1) is 11.8 Å². The normalized spacial score (nSPS) is 8.92. The fraction of sp³-hybridized carbons (Fsp3) is 0.125. The molecule has 0 aromatic carbocycles. The van der Waals surface area contributed by atoms with Crippen LogP contribution in [0.25, 0.3) is 0 Å². The summed E-state index contributed by atoms with van der Waals surface area (Å²) in [5.41, 5.74) is 0.647. The Kier molecular flexibility index (Phi) is 3.36. The first-order valence-corrected chi connectivity index (χ1v) is 3.91. The van der Waals surface area contributed by atoms with Crippen LogP contribution in [0.2, 0.25) is 10.3 Å². The van der Waals surface area contributed by atoms with Gasteiger partial charge < -0.3 is 5.11 Å². The van der Waals surface area contributed by atoms with Crippen molar-refractivity contribution in [1.82, 2.24) is 4.98 Å². The van der Waals surface area contributed by atoms with E-state index in [1.165, 1.54) is 0 Å². The van der Waals surface area contributed by atoms with E-state index in [1.54, 1.807) is 12.1 Å². The number of pyridine rings is 1. The van der Waals surface area contributed by atoms with Crippen LogP contribution in [-0.2, 0) is 0 Å². The summed E-state index contributed by atoms with van der Waals surface area (Å²) < 4.78 is 0. The Morgan fingerprint density at radius 2 is 1.92 bits per heavy atom. The van der Waals surface area contributed by atoms with Gasteiger partial charge in [-0.15, -0.1) is 0 Å². The lowest BCUT2D eigenvalue weighted by molar-refractivity contribution is 0.350. The van der Waals surface area contributed by atoms with Gasteiger partial charge in [0.2, 0.25) is 0 Å². The minimum Gasteiger partial charge on any atom is -0.384 e. The lowest BCUT2D eigenvalue weighted by Crippen LogP contribution is -1.81. The topological polar surface area (TPSA) is 33.1 Å². The average molecular weight is 202 g/mol. The van der Waals surface area contributed by atoms with E-state index in [0.29, 0.717) is 15.9 Å². The maximum absolute atomic E-state index is 8.41. The summed E-state index contributed by atoms with van der Waals surface area (Å²) in [5.74, 6) is 5.15. The number of nitrogens with zero attached hydrogens (tertiary/aromatic N) is 1. The number of halogens is 2. The fourth-order valence-electron chi connectivity index (χ4n) is 0.679. The second kappa shape index (κ2) is 4.32. The average Bonchev–Trinajstić information content (AvgIpc) is 1.99. The zero-order valence-corrected chi connectivity index (χ0v) is 7.52. The molecule has 0 fully saturated rings. The number of aromatic nitrogens is 1. The molecule has 0 saturated heterocycles. The van der Waals surface area contributed by atoms with Crippen molar-refractivity contribution in [3.05, 3.63) is 28.0 Å². The standard InChI is InChI=1S/C8H5Cl2NO/c9-7-4-6(2-1-3-12)5-8(10)11-7/h4-5,12H,3H2. The Bertz CT molecular complexity index is 320. The summed E-state index contributed by atoms with van der Waals surface area (Å²) in [6.45, 7) is -0.183. The molecule has 1 aromatic heterocycles. The molecule has 4 heteroatoms. The lowest BCUT2D eigenvalue weighted by Gasteiger charge is -1.92. The smallest absolute Gasteiger partial charge is 0.132 e. The lowest BCUT2D eigenvalue weighted by atomic mass is 10.3. The largest absolute Gasteiger partial charge is 0.384 e. The number of rotatable bonds is 0. The molecule has 1 N–H and O–H groups in total. The quantitative estimate of drug-likeness (QED) is 0.513. The third kappa shape index (κ3) is 2.71. The van der Waals surface area contributed by atoms with E-state index in [-0.39, 0.29) is 6.61 Å². The molecule has 2 nitrogen and oxygen atoms in total. The van der Waals surface area contributed by atoms with E-state index >= 15 is 0 Å². The van der Waals surface area contributed by atoms with Gasteiger partial charge in [-0.05, 0) is 12.1 Å². The predicted octanol–water partition coefficient (Wildman–Crippen LogP) is 1.73. The van der Waals surface area contributed by atoms with Crippen LogP contribution in [0.1, 0.15) is 5.56 Å². The maximum Gasteiger partial charge on any atom is 0.132 e. The highest BCUT2D eigenvalue weighted by atomic mass is 35.5. The summed E-state index contributed by atoms with van der Waals surface area (Å²) in [4.78, 5) is 3.74. The molecule has 0 amide bonds. The van der Waals surface area contributed by atoms with Gasteiger partial charge in [-0.2, -0.15) is 0 Å². The highest BCUT2D eigenvalue weighted by Gasteiger charge is 1.95. The molecule has 1 aromatic rings. The first-order valence-electron chi connectivity index (χ1n) is 3.15. The van der Waals surface area contributed by atoms with E-state index in [9.17, 15) is 0 Å². The monoisotopic (exact) mass is 201 g/mol. The SMILES string of the molecule is OCC#Cc1cc(Cl)nc(Cl)c1. The molecular formula is C8H5Cl2NO. The molecule has 0 aliphatic rings. The molecule has 0 aliphatic heterocycles. The number of hydrogen-bond acceptors (Lipinski definition) is 2. The van der Waals surface area contributed by atoms with E-state index in [0.717, 1.165) is 0 Å². The van der Waals surface area contributed by atoms with Crippen molar-refractivity contribution >= 4 is 23.2 Å². The Balaban J connectivity index is 3.01. The molecule has 12 heavy (non-hydrogen) atoms. The van der Waals surface area contributed by atoms with Crippen LogP contribution >= 0.6 is 23.2 Å². The van der Waals surface area contributed by atoms with Gasteiger partial charge in [-0.3, -0.25) is 0 Å². The third-order valence-corrected chi connectivity index (χ3v) is 1.46. The molecule has 1 rings (SSSR count). The van der Waals surface area contributed by atoms with Gasteiger partial charge >= 0.3 is 0 Å². The molecule has 0 radical (unpaired) electrons. The highest BCUT2D eigenvalue weighted by Crippen LogP contribution is 2.13. The summed E-state index contributed by atoms with van der Waals surface area (Å²) in [7, 11) is 0. The van der Waals surface area contributed by atoms with Crippen LogP contribution in [0.4, 0.5) is 0 Å². The summed E-state index contributed by atoms with van der Waals surface area (Å²) in [6.07, 6.45) is 0.